The molecule has 2 aromatic carbocycles. The van der Waals surface area contributed by atoms with Gasteiger partial charge in [-0.25, -0.2) is 9.59 Å². The molecule has 0 unspecified atom stereocenters. The highest BCUT2D eigenvalue weighted by Crippen LogP contribution is 2.57. The number of hydrogen-bond donors (Lipinski definition) is 2. The van der Waals surface area contributed by atoms with Crippen molar-refractivity contribution in [1.29, 1.82) is 0 Å². The van der Waals surface area contributed by atoms with Gasteiger partial charge in [-0.05, 0) is 164 Å². The third-order valence-corrected chi connectivity index (χ3v) is 17.5. The van der Waals surface area contributed by atoms with Crippen molar-refractivity contribution in [2.45, 2.75) is 162 Å². The Kier molecular flexibility index (Phi) is 13.9. The second kappa shape index (κ2) is 19.8. The minimum absolute atomic E-state index is 0.00644. The molecule has 2 aliphatic carbocycles. The lowest BCUT2D eigenvalue weighted by atomic mass is 9.77. The Morgan fingerprint density at radius 1 is 0.600 bits per heavy atom. The Bertz CT molecular complexity index is 2670. The molecule has 12 rings (SSSR count). The van der Waals surface area contributed by atoms with E-state index in [0.717, 1.165) is 93.1 Å². The molecule has 4 fully saturated rings. The third-order valence-electron chi connectivity index (χ3n) is 17.5. The van der Waals surface area contributed by atoms with E-state index in [4.69, 9.17) is 52.5 Å². The normalized spacial score (nSPS) is 32.7. The van der Waals surface area contributed by atoms with Crippen LogP contribution in [0.25, 0.3) is 0 Å². The summed E-state index contributed by atoms with van der Waals surface area (Å²) in [7, 11) is 5.82. The molecule has 0 bridgehead atoms. The fourth-order valence-electron chi connectivity index (χ4n) is 13.9. The van der Waals surface area contributed by atoms with Crippen LogP contribution in [0.15, 0.2) is 47.9 Å². The number of ether oxygens (including phenoxy) is 11. The van der Waals surface area contributed by atoms with E-state index < -0.39 is 58.5 Å². The zero-order valence-corrected chi connectivity index (χ0v) is 44.4. The Balaban J connectivity index is 0.000000143. The molecule has 0 saturated carbocycles. The van der Waals surface area contributed by atoms with Gasteiger partial charge in [0.25, 0.3) is 0 Å². The summed E-state index contributed by atoms with van der Waals surface area (Å²) in [6.45, 7) is 11.9. The fourth-order valence-corrected chi connectivity index (χ4v) is 13.9. The number of benzene rings is 2. The molecule has 2 spiro atoms. The average molecular weight is 1050 g/mol. The summed E-state index contributed by atoms with van der Waals surface area (Å²) >= 11 is 0. The fraction of sp³-hybridized carbons (Fsp3) is 0.643. The first-order valence-electron chi connectivity index (χ1n) is 26.3. The highest BCUT2D eigenvalue weighted by atomic mass is 16.7. The number of hydrogen-bond acceptors (Lipinski definition) is 18. The quantitative estimate of drug-likeness (QED) is 0.218. The first-order chi connectivity index (χ1) is 35.7. The van der Waals surface area contributed by atoms with Crippen molar-refractivity contribution in [2.24, 2.45) is 0 Å². The molecule has 8 heterocycles. The zero-order chi connectivity index (χ0) is 53.3. The SMILES string of the molecule is COC(=O)C[C@@]1(C(=O)O)CCC(C)(C)O1.COC(=O)C[C@@]1(C(=O)O[C@@H]2C(OC)=C[C@]34CCCN3CCc3cc5c(cc3[C@H]24)OCO5)CCC(C)(C)O1.COC1=C[C@]23CCCN2CCc2cc4c(cc2[C@@H]3[C@@H]1O)OCO4. The molecule has 19 heteroatoms. The Labute approximate surface area is 437 Å². The van der Waals surface area contributed by atoms with E-state index in [1.807, 2.05) is 27.7 Å². The summed E-state index contributed by atoms with van der Waals surface area (Å²) in [6.07, 6.45) is 10.7. The van der Waals surface area contributed by atoms with E-state index in [0.29, 0.717) is 43.0 Å². The van der Waals surface area contributed by atoms with Crippen LogP contribution in [0.4, 0.5) is 0 Å². The maximum absolute atomic E-state index is 14.0. The van der Waals surface area contributed by atoms with Gasteiger partial charge in [0.1, 0.15) is 17.6 Å². The van der Waals surface area contributed by atoms with Crippen LogP contribution in [-0.2, 0) is 65.2 Å². The molecule has 2 N–H and O–H groups in total. The number of nitrogens with zero attached hydrogens (tertiary/aromatic N) is 2. The summed E-state index contributed by atoms with van der Waals surface area (Å²) in [5, 5.41) is 20.1. The van der Waals surface area contributed by atoms with Gasteiger partial charge in [-0.1, -0.05) is 0 Å². The van der Waals surface area contributed by atoms with Crippen molar-refractivity contribution in [3.05, 3.63) is 70.2 Å². The molecule has 0 radical (unpaired) electrons. The predicted molar refractivity (Wildman–Crippen MR) is 266 cm³/mol. The van der Waals surface area contributed by atoms with Gasteiger partial charge >= 0.3 is 23.9 Å². The summed E-state index contributed by atoms with van der Waals surface area (Å²) in [6, 6.07) is 8.31. The molecule has 10 aliphatic rings. The number of rotatable bonds is 9. The molecular formula is C56H72N2O17. The lowest BCUT2D eigenvalue weighted by Crippen LogP contribution is -2.49. The van der Waals surface area contributed by atoms with Crippen LogP contribution in [0, 0.1) is 0 Å². The Hall–Kier alpha value is -5.60. The van der Waals surface area contributed by atoms with Crippen molar-refractivity contribution >= 4 is 23.9 Å². The highest BCUT2D eigenvalue weighted by molar-refractivity contribution is 5.87. The average Bonchev–Trinajstić information content (AvgIpc) is 4.32. The van der Waals surface area contributed by atoms with Crippen LogP contribution in [0.3, 0.4) is 0 Å². The maximum atomic E-state index is 14.0. The van der Waals surface area contributed by atoms with Crippen molar-refractivity contribution in [3.8, 4) is 23.0 Å². The number of methoxy groups -OCH3 is 4. The predicted octanol–water partition coefficient (Wildman–Crippen LogP) is 5.99. The molecule has 8 atom stereocenters. The van der Waals surface area contributed by atoms with Crippen LogP contribution in [-0.4, -0.2) is 158 Å². The van der Waals surface area contributed by atoms with Gasteiger partial charge in [0.2, 0.25) is 13.6 Å². The van der Waals surface area contributed by atoms with E-state index in [9.17, 15) is 24.3 Å². The topological polar surface area (TPSA) is 217 Å². The Morgan fingerprint density at radius 2 is 1.05 bits per heavy atom. The molecular weight excluding hydrogens is 973 g/mol. The van der Waals surface area contributed by atoms with Gasteiger partial charge < -0.3 is 62.3 Å². The standard InChI is InChI=1S/C28H35NO8.C18H21NO4.C10H16O5/c1-26(2)8-9-28(37-26,15-22(30)33-4)25(31)36-24-21(32-3)14-27-7-5-10-29(27)11-6-17-12-19-20(35-16-34-19)13-18(17)23(24)27;1-21-15-9-18-4-2-5-19(18)6-3-11-7-13-14(23-10-22-13)8-12(11)16(18)17(15)20;1-9(2)4-5-10(15-9,8(12)13)6-7(11)14-3/h12-14,23-24H,5-11,15-16H2,1-4H3;7-9,16-17,20H,2-6,10H2,1H3;4-6H2,1-3H3,(H,12,13)/t23-,24-,27+,28-;16-,17-,18+;10-/m111/s1. The molecule has 19 nitrogen and oxygen atoms in total. The zero-order valence-electron chi connectivity index (χ0n) is 44.4. The van der Waals surface area contributed by atoms with E-state index in [1.165, 1.54) is 25.3 Å². The molecule has 0 aromatic heterocycles. The highest BCUT2D eigenvalue weighted by Gasteiger charge is 2.61. The smallest absolute Gasteiger partial charge is 0.339 e. The third kappa shape index (κ3) is 9.27. The number of aliphatic hydroxyl groups is 1. The van der Waals surface area contributed by atoms with Crippen molar-refractivity contribution < 1.29 is 81.5 Å². The van der Waals surface area contributed by atoms with Crippen molar-refractivity contribution in [3.63, 3.8) is 0 Å². The van der Waals surface area contributed by atoms with Gasteiger partial charge in [-0.2, -0.15) is 0 Å². The lowest BCUT2D eigenvalue weighted by molar-refractivity contribution is -0.188. The van der Waals surface area contributed by atoms with Gasteiger partial charge in [0.15, 0.2) is 40.3 Å². The van der Waals surface area contributed by atoms with Crippen molar-refractivity contribution in [1.82, 2.24) is 9.80 Å². The molecule has 2 aromatic rings. The number of carbonyl (C=O) groups excluding carboxylic acids is 3. The maximum Gasteiger partial charge on any atom is 0.339 e. The molecule has 75 heavy (non-hydrogen) atoms. The lowest BCUT2D eigenvalue weighted by Gasteiger charge is -2.40. The van der Waals surface area contributed by atoms with Gasteiger partial charge in [0, 0.05) is 19.0 Å². The molecule has 8 aliphatic heterocycles. The number of aliphatic hydroxyl groups excluding tert-OH is 1. The van der Waals surface area contributed by atoms with Gasteiger partial charge in [-0.15, -0.1) is 0 Å². The molecule has 408 valence electrons. The summed E-state index contributed by atoms with van der Waals surface area (Å²) in [5.41, 5.74) is 0.393. The van der Waals surface area contributed by atoms with Crippen LogP contribution in [0.2, 0.25) is 0 Å². The molecule has 0 amide bonds. The van der Waals surface area contributed by atoms with Crippen LogP contribution in [0.1, 0.15) is 126 Å². The van der Waals surface area contributed by atoms with Crippen molar-refractivity contribution in [2.75, 3.05) is 68.2 Å². The Morgan fingerprint density at radius 3 is 1.52 bits per heavy atom. The largest absolute Gasteiger partial charge is 0.499 e. The number of carboxylic acids is 1. The number of aliphatic carboxylic acids is 1. The minimum Gasteiger partial charge on any atom is -0.499 e. The van der Waals surface area contributed by atoms with E-state index in [-0.39, 0.29) is 49.3 Å². The van der Waals surface area contributed by atoms with Crippen LogP contribution in [0.5, 0.6) is 23.0 Å². The van der Waals surface area contributed by atoms with Gasteiger partial charge in [0.05, 0.1) is 69.5 Å². The first-order valence-corrected chi connectivity index (χ1v) is 26.3. The number of esters is 3. The second-order valence-corrected chi connectivity index (χ2v) is 22.7. The van der Waals surface area contributed by atoms with E-state index in [1.54, 1.807) is 14.2 Å². The summed E-state index contributed by atoms with van der Waals surface area (Å²) < 4.78 is 61.4. The molecule has 4 saturated heterocycles. The first kappa shape index (κ1) is 52.8. The van der Waals surface area contributed by atoms with Gasteiger partial charge in [-0.3, -0.25) is 19.4 Å². The monoisotopic (exact) mass is 1040 g/mol. The van der Waals surface area contributed by atoms with Crippen LogP contribution >= 0.6 is 0 Å². The van der Waals surface area contributed by atoms with E-state index in [2.05, 4.69) is 51.0 Å². The second-order valence-electron chi connectivity index (χ2n) is 22.7. The number of carboxylic acid groups (broad SMARTS) is 1. The number of fused-ring (bicyclic) bond motifs is 6. The van der Waals surface area contributed by atoms with E-state index >= 15 is 0 Å². The summed E-state index contributed by atoms with van der Waals surface area (Å²) in [4.78, 5) is 53.6. The van der Waals surface area contributed by atoms with Crippen LogP contribution < -0.4 is 18.9 Å². The number of carbonyl (C=O) groups is 4. The minimum atomic E-state index is -1.41. The summed E-state index contributed by atoms with van der Waals surface area (Å²) in [5.74, 6) is 1.51.